The highest BCUT2D eigenvalue weighted by atomic mass is 32.2. The van der Waals surface area contributed by atoms with E-state index in [9.17, 15) is 13.5 Å². The SMILES string of the molecule is CC(C)OC(=O)C(C)(C)Oc1ccc(C(=O)c2ccc(SF)cc2)cc1. The molecule has 0 saturated carbocycles. The highest BCUT2D eigenvalue weighted by Gasteiger charge is 2.32. The Hall–Kier alpha value is -2.34. The molecule has 0 aliphatic rings. The van der Waals surface area contributed by atoms with Crippen molar-refractivity contribution in [3.8, 4) is 5.75 Å². The van der Waals surface area contributed by atoms with Gasteiger partial charge in [0.25, 0.3) is 0 Å². The molecule has 0 radical (unpaired) electrons. The van der Waals surface area contributed by atoms with Crippen LogP contribution in [0.15, 0.2) is 53.4 Å². The minimum atomic E-state index is -1.14. The number of halogens is 1. The number of benzene rings is 2. The fraction of sp³-hybridized carbons (Fsp3) is 0.300. The molecule has 0 spiro atoms. The molecule has 0 aliphatic heterocycles. The summed E-state index contributed by atoms with van der Waals surface area (Å²) < 4.78 is 23.4. The van der Waals surface area contributed by atoms with Crippen molar-refractivity contribution in [2.45, 2.75) is 44.3 Å². The van der Waals surface area contributed by atoms with Gasteiger partial charge in [-0.15, -0.1) is 0 Å². The summed E-state index contributed by atoms with van der Waals surface area (Å²) in [6.45, 7) is 6.79. The van der Waals surface area contributed by atoms with Crippen molar-refractivity contribution in [3.63, 3.8) is 0 Å². The zero-order valence-electron chi connectivity index (χ0n) is 15.1. The third-order valence-corrected chi connectivity index (χ3v) is 3.98. The van der Waals surface area contributed by atoms with Crippen molar-refractivity contribution in [1.82, 2.24) is 0 Å². The van der Waals surface area contributed by atoms with Crippen molar-refractivity contribution in [2.75, 3.05) is 0 Å². The Morgan fingerprint density at radius 1 is 0.962 bits per heavy atom. The highest BCUT2D eigenvalue weighted by Crippen LogP contribution is 2.23. The average molecular weight is 376 g/mol. The van der Waals surface area contributed by atoms with Crippen LogP contribution in [0.1, 0.15) is 43.6 Å². The normalized spacial score (nSPS) is 11.3. The molecule has 0 unspecified atom stereocenters. The van der Waals surface area contributed by atoms with Crippen LogP contribution >= 0.6 is 12.1 Å². The predicted octanol–water partition coefficient (Wildman–Crippen LogP) is 5.00. The molecule has 2 aromatic rings. The third-order valence-electron chi connectivity index (χ3n) is 3.53. The van der Waals surface area contributed by atoms with Crippen molar-refractivity contribution in [2.24, 2.45) is 0 Å². The van der Waals surface area contributed by atoms with E-state index in [4.69, 9.17) is 9.47 Å². The first-order valence-electron chi connectivity index (χ1n) is 8.16. The highest BCUT2D eigenvalue weighted by molar-refractivity contribution is 7.94. The Morgan fingerprint density at radius 2 is 1.46 bits per heavy atom. The van der Waals surface area contributed by atoms with E-state index in [1.807, 2.05) is 0 Å². The predicted molar refractivity (Wildman–Crippen MR) is 99.2 cm³/mol. The van der Waals surface area contributed by atoms with Gasteiger partial charge in [0.1, 0.15) is 5.75 Å². The Labute approximate surface area is 157 Å². The molecule has 0 heterocycles. The standard InChI is InChI=1S/C20H21FO4S/c1-13(2)24-19(23)20(3,4)25-16-9-5-14(6-10-16)18(22)15-7-11-17(26-21)12-8-15/h5-13H,1-4H3. The van der Waals surface area contributed by atoms with E-state index in [0.717, 1.165) is 0 Å². The second-order valence-electron chi connectivity index (χ2n) is 6.52. The quantitative estimate of drug-likeness (QED) is 0.503. The van der Waals surface area contributed by atoms with Gasteiger partial charge in [-0.2, -0.15) is 3.89 Å². The monoisotopic (exact) mass is 376 g/mol. The van der Waals surface area contributed by atoms with Gasteiger partial charge in [-0.1, -0.05) is 0 Å². The van der Waals surface area contributed by atoms with Gasteiger partial charge in [0.15, 0.2) is 11.4 Å². The molecule has 0 atom stereocenters. The number of carbonyl (C=O) groups is 2. The summed E-state index contributed by atoms with van der Waals surface area (Å²) in [7, 11) is 0. The van der Waals surface area contributed by atoms with Crippen molar-refractivity contribution in [1.29, 1.82) is 0 Å². The number of hydrogen-bond donors (Lipinski definition) is 0. The van der Waals surface area contributed by atoms with E-state index >= 15 is 0 Å². The lowest BCUT2D eigenvalue weighted by molar-refractivity contribution is -0.163. The lowest BCUT2D eigenvalue weighted by Crippen LogP contribution is -2.40. The van der Waals surface area contributed by atoms with Crippen LogP contribution in [0.25, 0.3) is 0 Å². The Kier molecular flexibility index (Phi) is 6.42. The smallest absolute Gasteiger partial charge is 0.350 e. The van der Waals surface area contributed by atoms with Gasteiger partial charge < -0.3 is 9.47 Å². The summed E-state index contributed by atoms with van der Waals surface area (Å²) >= 11 is 0.132. The number of esters is 1. The van der Waals surface area contributed by atoms with Crippen molar-refractivity contribution < 1.29 is 22.9 Å². The fourth-order valence-electron chi connectivity index (χ4n) is 2.19. The molecule has 0 aliphatic carbocycles. The van der Waals surface area contributed by atoms with E-state index in [-0.39, 0.29) is 24.0 Å². The first-order valence-corrected chi connectivity index (χ1v) is 8.88. The number of rotatable bonds is 7. The first kappa shape index (κ1) is 20.0. The lowest BCUT2D eigenvalue weighted by Gasteiger charge is -2.25. The lowest BCUT2D eigenvalue weighted by atomic mass is 10.0. The largest absolute Gasteiger partial charge is 0.476 e. The van der Waals surface area contributed by atoms with Gasteiger partial charge in [0.2, 0.25) is 0 Å². The molecular weight excluding hydrogens is 355 g/mol. The van der Waals surface area contributed by atoms with E-state index in [0.29, 0.717) is 21.8 Å². The van der Waals surface area contributed by atoms with Crippen LogP contribution in [0.3, 0.4) is 0 Å². The van der Waals surface area contributed by atoms with E-state index in [1.54, 1.807) is 76.2 Å². The molecule has 0 bridgehead atoms. The van der Waals surface area contributed by atoms with Gasteiger partial charge >= 0.3 is 5.97 Å². The van der Waals surface area contributed by atoms with Crippen LogP contribution in [0.5, 0.6) is 5.75 Å². The topological polar surface area (TPSA) is 52.6 Å². The van der Waals surface area contributed by atoms with Gasteiger partial charge in [0, 0.05) is 16.0 Å². The average Bonchev–Trinajstić information content (AvgIpc) is 2.61. The molecule has 2 rings (SSSR count). The van der Waals surface area contributed by atoms with Gasteiger partial charge in [0.05, 0.1) is 18.3 Å². The van der Waals surface area contributed by atoms with E-state index < -0.39 is 11.6 Å². The number of hydrogen-bond acceptors (Lipinski definition) is 5. The van der Waals surface area contributed by atoms with Crippen LogP contribution in [-0.2, 0) is 9.53 Å². The van der Waals surface area contributed by atoms with Crippen molar-refractivity contribution in [3.05, 3.63) is 59.7 Å². The van der Waals surface area contributed by atoms with Crippen molar-refractivity contribution >= 4 is 23.9 Å². The molecule has 0 fully saturated rings. The second-order valence-corrected chi connectivity index (χ2v) is 7.15. The van der Waals surface area contributed by atoms with Crippen LogP contribution in [0.4, 0.5) is 3.89 Å². The second kappa shape index (κ2) is 8.36. The zero-order valence-corrected chi connectivity index (χ0v) is 15.9. The summed E-state index contributed by atoms with van der Waals surface area (Å²) in [5, 5.41) is 0. The van der Waals surface area contributed by atoms with E-state index in [1.165, 1.54) is 0 Å². The van der Waals surface area contributed by atoms with Gasteiger partial charge in [-0.05, 0) is 76.2 Å². The maximum atomic E-state index is 12.5. The summed E-state index contributed by atoms with van der Waals surface area (Å²) in [5.74, 6) is -0.180. The molecule has 138 valence electrons. The molecule has 0 saturated heterocycles. The molecule has 26 heavy (non-hydrogen) atoms. The zero-order chi connectivity index (χ0) is 19.3. The Morgan fingerprint density at radius 3 is 1.92 bits per heavy atom. The summed E-state index contributed by atoms with van der Waals surface area (Å²) in [6, 6.07) is 12.8. The molecule has 0 amide bonds. The molecule has 0 aromatic heterocycles. The molecule has 6 heteroatoms. The third kappa shape index (κ3) is 5.08. The molecular formula is C20H21FO4S. The molecule has 2 aromatic carbocycles. The first-order chi connectivity index (χ1) is 12.2. The molecule has 4 nitrogen and oxygen atoms in total. The minimum absolute atomic E-state index is 0.132. The van der Waals surface area contributed by atoms with Crippen LogP contribution in [0, 0.1) is 0 Å². The summed E-state index contributed by atoms with van der Waals surface area (Å²) in [6.07, 6.45) is -0.229. The molecule has 0 N–H and O–H groups in total. The minimum Gasteiger partial charge on any atom is -0.476 e. The maximum Gasteiger partial charge on any atom is 0.350 e. The Balaban J connectivity index is 2.09. The summed E-state index contributed by atoms with van der Waals surface area (Å²) in [5.41, 5.74) is -0.201. The van der Waals surface area contributed by atoms with Crippen LogP contribution in [0.2, 0.25) is 0 Å². The van der Waals surface area contributed by atoms with Crippen LogP contribution < -0.4 is 4.74 Å². The van der Waals surface area contributed by atoms with E-state index in [2.05, 4.69) is 0 Å². The van der Waals surface area contributed by atoms with Gasteiger partial charge in [-0.3, -0.25) is 4.79 Å². The fourth-order valence-corrected chi connectivity index (χ4v) is 2.43. The number of ether oxygens (including phenoxy) is 2. The number of ketones is 1. The number of carbonyl (C=O) groups excluding carboxylic acids is 2. The summed E-state index contributed by atoms with van der Waals surface area (Å²) in [4.78, 5) is 25.0. The van der Waals surface area contributed by atoms with Gasteiger partial charge in [-0.25, -0.2) is 4.79 Å². The Bertz CT molecular complexity index is 767. The van der Waals surface area contributed by atoms with Crippen LogP contribution in [-0.4, -0.2) is 23.5 Å². The maximum absolute atomic E-state index is 12.5.